The first-order chi connectivity index (χ1) is 8.16. The molecule has 0 aromatic rings. The van der Waals surface area contributed by atoms with Crippen molar-refractivity contribution in [2.75, 3.05) is 18.8 Å². The molecule has 0 spiro atoms. The van der Waals surface area contributed by atoms with E-state index < -0.39 is 10.0 Å². The molecule has 2 aliphatic rings. The minimum Gasteiger partial charge on any atom is -0.315 e. The molecule has 6 heteroatoms. The third-order valence-electron chi connectivity index (χ3n) is 3.82. The third-order valence-corrected chi connectivity index (χ3v) is 5.43. The first-order valence-corrected chi connectivity index (χ1v) is 8.52. The topological polar surface area (TPSA) is 58.2 Å². The molecule has 1 heterocycles. The van der Waals surface area contributed by atoms with Gasteiger partial charge in [-0.15, -0.1) is 12.4 Å². The second-order valence-electron chi connectivity index (χ2n) is 5.45. The largest absolute Gasteiger partial charge is 0.315 e. The number of hydrogen-bond acceptors (Lipinski definition) is 3. The Bertz CT molecular complexity index is 297. The Hall–Kier alpha value is 0.160. The fourth-order valence-corrected chi connectivity index (χ4v) is 4.68. The molecule has 0 aromatic heterocycles. The Kier molecular flexibility index (Phi) is 6.92. The molecule has 1 aliphatic heterocycles. The highest BCUT2D eigenvalue weighted by Gasteiger charge is 2.24. The molecule has 1 aliphatic carbocycles. The van der Waals surface area contributed by atoms with E-state index in [-0.39, 0.29) is 18.4 Å². The van der Waals surface area contributed by atoms with Gasteiger partial charge in [0.1, 0.15) is 0 Å². The van der Waals surface area contributed by atoms with Crippen LogP contribution in [0.4, 0.5) is 0 Å². The Morgan fingerprint density at radius 3 is 2.39 bits per heavy atom. The van der Waals surface area contributed by atoms with Crippen molar-refractivity contribution in [3.8, 4) is 0 Å². The summed E-state index contributed by atoms with van der Waals surface area (Å²) in [5, 5.41) is 3.23. The lowest BCUT2D eigenvalue weighted by Crippen LogP contribution is -2.46. The lowest BCUT2D eigenvalue weighted by molar-refractivity contribution is 0.379. The second kappa shape index (κ2) is 7.68. The molecular weight excluding hydrogens is 272 g/mol. The third kappa shape index (κ3) is 5.43. The van der Waals surface area contributed by atoms with Crippen LogP contribution in [0.5, 0.6) is 0 Å². The van der Waals surface area contributed by atoms with E-state index in [0.29, 0.717) is 11.7 Å². The first-order valence-electron chi connectivity index (χ1n) is 6.86. The molecule has 0 amide bonds. The molecule has 2 N–H and O–H groups in total. The van der Waals surface area contributed by atoms with Crippen molar-refractivity contribution in [3.05, 3.63) is 0 Å². The van der Waals surface area contributed by atoms with Crippen molar-refractivity contribution >= 4 is 22.4 Å². The quantitative estimate of drug-likeness (QED) is 0.829. The number of piperidine rings is 1. The van der Waals surface area contributed by atoms with Crippen molar-refractivity contribution in [1.82, 2.24) is 10.0 Å². The SMILES string of the molecule is Cl.O=S(=O)(CC1CCCCC1)N[C@H]1CCCNC1. The Balaban J connectivity index is 0.00000162. The smallest absolute Gasteiger partial charge is 0.212 e. The van der Waals surface area contributed by atoms with Crippen LogP contribution in [0.2, 0.25) is 0 Å². The van der Waals surface area contributed by atoms with E-state index in [2.05, 4.69) is 10.0 Å². The summed E-state index contributed by atoms with van der Waals surface area (Å²) in [5.74, 6) is 0.724. The lowest BCUT2D eigenvalue weighted by atomic mass is 9.91. The fraction of sp³-hybridized carbons (Fsp3) is 1.00. The number of rotatable bonds is 4. The zero-order chi connectivity index (χ0) is 12.1. The molecule has 108 valence electrons. The van der Waals surface area contributed by atoms with Crippen LogP contribution >= 0.6 is 12.4 Å². The minimum atomic E-state index is -3.07. The average molecular weight is 297 g/mol. The zero-order valence-electron chi connectivity index (χ0n) is 10.9. The summed E-state index contributed by atoms with van der Waals surface area (Å²) in [6, 6.07) is 0.109. The summed E-state index contributed by atoms with van der Waals surface area (Å²) in [6.07, 6.45) is 7.88. The van der Waals surface area contributed by atoms with Crippen LogP contribution in [-0.4, -0.2) is 33.3 Å². The number of sulfonamides is 1. The molecule has 0 unspecified atom stereocenters. The van der Waals surface area contributed by atoms with Gasteiger partial charge in [-0.2, -0.15) is 0 Å². The van der Waals surface area contributed by atoms with Crippen LogP contribution < -0.4 is 10.0 Å². The maximum absolute atomic E-state index is 12.0. The van der Waals surface area contributed by atoms with Crippen LogP contribution in [-0.2, 0) is 10.0 Å². The van der Waals surface area contributed by atoms with Gasteiger partial charge in [-0.25, -0.2) is 13.1 Å². The van der Waals surface area contributed by atoms with Gasteiger partial charge in [0.05, 0.1) is 5.75 Å². The summed E-state index contributed by atoms with van der Waals surface area (Å²) >= 11 is 0. The molecule has 0 aromatic carbocycles. The highest BCUT2D eigenvalue weighted by atomic mass is 35.5. The normalized spacial score (nSPS) is 26.6. The van der Waals surface area contributed by atoms with Gasteiger partial charge in [-0.1, -0.05) is 19.3 Å². The molecule has 1 saturated heterocycles. The van der Waals surface area contributed by atoms with Crippen molar-refractivity contribution in [1.29, 1.82) is 0 Å². The zero-order valence-corrected chi connectivity index (χ0v) is 12.5. The Morgan fingerprint density at radius 2 is 1.78 bits per heavy atom. The highest BCUT2D eigenvalue weighted by molar-refractivity contribution is 7.89. The molecule has 0 bridgehead atoms. The summed E-state index contributed by atoms with van der Waals surface area (Å²) in [4.78, 5) is 0. The van der Waals surface area contributed by atoms with Gasteiger partial charge in [0, 0.05) is 12.6 Å². The van der Waals surface area contributed by atoms with E-state index in [1.807, 2.05) is 0 Å². The maximum atomic E-state index is 12.0. The van der Waals surface area contributed by atoms with Crippen LogP contribution in [0.3, 0.4) is 0 Å². The standard InChI is InChI=1S/C12H24N2O2S.ClH/c15-17(16,10-11-5-2-1-3-6-11)14-12-7-4-8-13-9-12;/h11-14H,1-10H2;1H/t12-;/m0./s1. The molecular formula is C12H25ClN2O2S. The Morgan fingerprint density at radius 1 is 1.06 bits per heavy atom. The van der Waals surface area contributed by atoms with E-state index >= 15 is 0 Å². The molecule has 2 fully saturated rings. The van der Waals surface area contributed by atoms with E-state index in [0.717, 1.165) is 38.8 Å². The number of nitrogens with one attached hydrogen (secondary N) is 2. The molecule has 18 heavy (non-hydrogen) atoms. The van der Waals surface area contributed by atoms with Crippen LogP contribution in [0.25, 0.3) is 0 Å². The molecule has 0 radical (unpaired) electrons. The van der Waals surface area contributed by atoms with Crippen LogP contribution in [0.1, 0.15) is 44.9 Å². The molecule has 1 atom stereocenters. The van der Waals surface area contributed by atoms with Crippen molar-refractivity contribution in [3.63, 3.8) is 0 Å². The van der Waals surface area contributed by atoms with Crippen molar-refractivity contribution in [2.45, 2.75) is 51.0 Å². The van der Waals surface area contributed by atoms with Gasteiger partial charge >= 0.3 is 0 Å². The summed E-state index contributed by atoms with van der Waals surface area (Å²) in [5.41, 5.74) is 0. The second-order valence-corrected chi connectivity index (χ2v) is 7.25. The van der Waals surface area contributed by atoms with E-state index in [1.165, 1.54) is 19.3 Å². The van der Waals surface area contributed by atoms with Crippen molar-refractivity contribution in [2.24, 2.45) is 5.92 Å². The number of halogens is 1. The highest BCUT2D eigenvalue weighted by Crippen LogP contribution is 2.24. The van der Waals surface area contributed by atoms with E-state index in [1.54, 1.807) is 0 Å². The van der Waals surface area contributed by atoms with E-state index in [4.69, 9.17) is 0 Å². The van der Waals surface area contributed by atoms with Gasteiger partial charge in [-0.3, -0.25) is 0 Å². The fourth-order valence-electron chi connectivity index (χ4n) is 2.92. The van der Waals surface area contributed by atoms with Gasteiger partial charge in [0.15, 0.2) is 0 Å². The summed E-state index contributed by atoms with van der Waals surface area (Å²) in [7, 11) is -3.07. The van der Waals surface area contributed by atoms with Gasteiger partial charge < -0.3 is 5.32 Å². The average Bonchev–Trinajstić information content (AvgIpc) is 2.30. The predicted octanol–water partition coefficient (Wildman–Crippen LogP) is 1.66. The molecule has 2 rings (SSSR count). The summed E-state index contributed by atoms with van der Waals surface area (Å²) in [6.45, 7) is 1.80. The van der Waals surface area contributed by atoms with Gasteiger partial charge in [-0.05, 0) is 38.1 Å². The van der Waals surface area contributed by atoms with Gasteiger partial charge in [0.25, 0.3) is 0 Å². The molecule has 4 nitrogen and oxygen atoms in total. The maximum Gasteiger partial charge on any atom is 0.212 e. The number of hydrogen-bond donors (Lipinski definition) is 2. The summed E-state index contributed by atoms with van der Waals surface area (Å²) < 4.78 is 26.9. The lowest BCUT2D eigenvalue weighted by Gasteiger charge is -2.26. The van der Waals surface area contributed by atoms with Gasteiger partial charge in [0.2, 0.25) is 10.0 Å². The van der Waals surface area contributed by atoms with Crippen molar-refractivity contribution < 1.29 is 8.42 Å². The van der Waals surface area contributed by atoms with E-state index in [9.17, 15) is 8.42 Å². The monoisotopic (exact) mass is 296 g/mol. The Labute approximate surface area is 117 Å². The van der Waals surface area contributed by atoms with Crippen LogP contribution in [0, 0.1) is 5.92 Å². The molecule has 1 saturated carbocycles. The van der Waals surface area contributed by atoms with Crippen LogP contribution in [0.15, 0.2) is 0 Å². The minimum absolute atomic E-state index is 0. The predicted molar refractivity (Wildman–Crippen MR) is 76.6 cm³/mol. The first kappa shape index (κ1) is 16.2.